The molecule has 0 unspecified atom stereocenters. The summed E-state index contributed by atoms with van der Waals surface area (Å²) < 4.78 is 0. The molecule has 41 heavy (non-hydrogen) atoms. The van der Waals surface area contributed by atoms with Crippen molar-refractivity contribution in [1.29, 1.82) is 0 Å². The zero-order chi connectivity index (χ0) is 30.9. The highest BCUT2D eigenvalue weighted by Gasteiger charge is 2.68. The van der Waals surface area contributed by atoms with Gasteiger partial charge in [0.15, 0.2) is 11.4 Å². The number of rotatable bonds is 7. The van der Waals surface area contributed by atoms with Gasteiger partial charge in [0.05, 0.1) is 23.6 Å². The average Bonchev–Trinajstić information content (AvgIpc) is 2.88. The largest absolute Gasteiger partial charge is 0.508 e. The van der Waals surface area contributed by atoms with Gasteiger partial charge in [0, 0.05) is 29.0 Å². The Morgan fingerprint density at radius 1 is 1.10 bits per heavy atom. The highest BCUT2D eigenvalue weighted by molar-refractivity contribution is 6.24. The fourth-order valence-electron chi connectivity index (χ4n) is 7.25. The van der Waals surface area contributed by atoms with E-state index in [0.717, 1.165) is 13.1 Å². The monoisotopic (exact) mass is 571 g/mol. The van der Waals surface area contributed by atoms with Crippen LogP contribution in [0.15, 0.2) is 29.0 Å². The molecule has 0 bridgehead atoms. The summed E-state index contributed by atoms with van der Waals surface area (Å²) in [6, 6.07) is 2.15. The van der Waals surface area contributed by atoms with Crippen LogP contribution in [0, 0.1) is 11.8 Å². The molecule has 11 heteroatoms. The molecule has 1 amide bonds. The number of aliphatic hydroxyl groups is 4. The fraction of sp³-hybridized carbons (Fsp3) is 0.567. The first-order chi connectivity index (χ1) is 19.0. The van der Waals surface area contributed by atoms with E-state index >= 15 is 0 Å². The van der Waals surface area contributed by atoms with E-state index in [-0.39, 0.29) is 11.3 Å². The van der Waals surface area contributed by atoms with Crippen LogP contribution in [0.2, 0.25) is 0 Å². The summed E-state index contributed by atoms with van der Waals surface area (Å²) in [6.45, 7) is 11.9. The number of hydrogen-bond donors (Lipinski definition) is 6. The number of aliphatic hydroxyl groups excluding tert-OH is 3. The molecule has 7 N–H and O–H groups in total. The van der Waals surface area contributed by atoms with Crippen LogP contribution in [0.4, 0.5) is 0 Å². The van der Waals surface area contributed by atoms with Gasteiger partial charge in [-0.05, 0) is 38.7 Å². The van der Waals surface area contributed by atoms with Gasteiger partial charge in [0.25, 0.3) is 5.91 Å². The third-order valence-corrected chi connectivity index (χ3v) is 9.37. The number of benzene rings is 1. The molecule has 0 radical (unpaired) electrons. The van der Waals surface area contributed by atoms with Crippen LogP contribution in [0.25, 0.3) is 5.76 Å². The number of Topliss-reactive ketones (excluding diaryl/α,β-unsaturated/α-hetero) is 2. The molecule has 3 aliphatic rings. The van der Waals surface area contributed by atoms with Crippen molar-refractivity contribution in [3.8, 4) is 5.75 Å². The number of primary amides is 1. The first kappa shape index (κ1) is 30.7. The quantitative estimate of drug-likeness (QED) is 0.259. The second kappa shape index (κ2) is 10.2. The molecule has 4 rings (SSSR count). The Hall–Kier alpha value is -3.25. The van der Waals surface area contributed by atoms with Crippen molar-refractivity contribution in [3.63, 3.8) is 0 Å². The molecule has 0 saturated heterocycles. The van der Waals surface area contributed by atoms with Crippen LogP contribution in [-0.2, 0) is 19.8 Å². The number of hydrogen-bond acceptors (Lipinski definition) is 10. The Labute approximate surface area is 239 Å². The maximum absolute atomic E-state index is 14.2. The number of amides is 1. The number of phenols is 1. The molecule has 1 saturated carbocycles. The molecular weight excluding hydrogens is 530 g/mol. The minimum Gasteiger partial charge on any atom is -0.508 e. The van der Waals surface area contributed by atoms with Crippen LogP contribution in [0.1, 0.15) is 57.2 Å². The van der Waals surface area contributed by atoms with Crippen molar-refractivity contribution in [2.24, 2.45) is 17.6 Å². The molecule has 1 aromatic rings. The van der Waals surface area contributed by atoms with Crippen LogP contribution in [0.3, 0.4) is 0 Å². The van der Waals surface area contributed by atoms with Gasteiger partial charge in [0.1, 0.15) is 22.8 Å². The molecule has 0 aliphatic heterocycles. The molecule has 6 atom stereocenters. The molecule has 11 nitrogen and oxygen atoms in total. The Morgan fingerprint density at radius 2 is 1.68 bits per heavy atom. The van der Waals surface area contributed by atoms with Gasteiger partial charge >= 0.3 is 0 Å². The number of ketones is 2. The van der Waals surface area contributed by atoms with Crippen LogP contribution >= 0.6 is 0 Å². The number of nitrogens with zero attached hydrogens (tertiary/aromatic N) is 2. The van der Waals surface area contributed by atoms with Gasteiger partial charge in [0.2, 0.25) is 5.78 Å². The summed E-state index contributed by atoms with van der Waals surface area (Å²) >= 11 is 0. The number of nitrogens with two attached hydrogens (primary N) is 1. The second-order valence-corrected chi connectivity index (χ2v) is 12.3. The molecular formula is C30H41N3O8. The summed E-state index contributed by atoms with van der Waals surface area (Å²) in [6.07, 6.45) is -1.62. The number of phenolic OH excluding ortho intramolecular Hbond substituents is 1. The van der Waals surface area contributed by atoms with Gasteiger partial charge in [-0.25, -0.2) is 0 Å². The van der Waals surface area contributed by atoms with E-state index in [1.807, 2.05) is 27.7 Å². The number of carbonyl (C=O) groups excluding carboxylic acids is 3. The van der Waals surface area contributed by atoms with Crippen molar-refractivity contribution in [2.75, 3.05) is 33.7 Å². The van der Waals surface area contributed by atoms with E-state index in [2.05, 4.69) is 4.90 Å². The number of fused-ring (bicyclic) bond motifs is 3. The molecule has 0 heterocycles. The van der Waals surface area contributed by atoms with Crippen LogP contribution < -0.4 is 5.73 Å². The summed E-state index contributed by atoms with van der Waals surface area (Å²) in [7, 11) is 2.95. The lowest BCUT2D eigenvalue weighted by molar-refractivity contribution is -0.169. The van der Waals surface area contributed by atoms with E-state index in [1.54, 1.807) is 19.1 Å². The molecule has 3 aliphatic carbocycles. The first-order valence-corrected chi connectivity index (χ1v) is 13.9. The van der Waals surface area contributed by atoms with Gasteiger partial charge in [-0.3, -0.25) is 19.3 Å². The zero-order valence-electron chi connectivity index (χ0n) is 24.6. The molecule has 0 aromatic heterocycles. The summed E-state index contributed by atoms with van der Waals surface area (Å²) in [5, 5.41) is 57.7. The lowest BCUT2D eigenvalue weighted by Gasteiger charge is -2.53. The molecule has 224 valence electrons. The average molecular weight is 572 g/mol. The van der Waals surface area contributed by atoms with Gasteiger partial charge in [-0.15, -0.1) is 0 Å². The standard InChI is InChI=1S/C30H41N3O8/c1-8-33(9-2)12-29(4,5)15-11-10-14-13(3)16-18(23(35)17(14)22(15)34)26(38)30(41)20(24(16)36)21(32(6)7)25(37)19(27(30)39)28(31)40/h10-11,13,16,20-21,24,34-36,39,41H,8-9,12H2,1-7H3,(H2,31,40)/t13-,16+,20+,21-,24-,30-/m0/s1. The first-order valence-electron chi connectivity index (χ1n) is 13.9. The van der Waals surface area contributed by atoms with Gasteiger partial charge in [-0.2, -0.15) is 0 Å². The lowest BCUT2D eigenvalue weighted by Crippen LogP contribution is -2.70. The SMILES string of the molecule is CCN(CC)CC(C)(C)c1ccc2c(c1O)C(O)=C1C(=O)[C@]3(O)C(O)=C(C(N)=O)C(=O)[C@@H](N(C)C)[C@@H]3[C@@H](O)[C@@H]1[C@H]2C. The highest BCUT2D eigenvalue weighted by atomic mass is 16.4. The van der Waals surface area contributed by atoms with E-state index in [0.29, 0.717) is 17.7 Å². The number of likely N-dealkylation sites (N-methyl/N-ethyl adjacent to an activating group) is 2. The van der Waals surface area contributed by atoms with E-state index in [1.165, 1.54) is 19.0 Å². The minimum absolute atomic E-state index is 0.00566. The number of carbonyl (C=O) groups is 3. The molecule has 1 aromatic carbocycles. The van der Waals surface area contributed by atoms with Crippen molar-refractivity contribution in [3.05, 3.63) is 45.7 Å². The highest BCUT2D eigenvalue weighted by Crippen LogP contribution is 2.56. The summed E-state index contributed by atoms with van der Waals surface area (Å²) in [5.74, 6) is -8.87. The van der Waals surface area contributed by atoms with Crippen molar-refractivity contribution >= 4 is 23.2 Å². The normalized spacial score (nSPS) is 30.1. The van der Waals surface area contributed by atoms with Crippen molar-refractivity contribution in [1.82, 2.24) is 9.80 Å². The summed E-state index contributed by atoms with van der Waals surface area (Å²) in [4.78, 5) is 43.2. The Balaban J connectivity index is 1.98. The van der Waals surface area contributed by atoms with E-state index < -0.39 is 81.1 Å². The van der Waals surface area contributed by atoms with E-state index in [4.69, 9.17) is 5.73 Å². The predicted octanol–water partition coefficient (Wildman–Crippen LogP) is 1.12. The topological polar surface area (TPSA) is 185 Å². The minimum atomic E-state index is -2.93. The zero-order valence-corrected chi connectivity index (χ0v) is 24.6. The Morgan fingerprint density at radius 3 is 2.20 bits per heavy atom. The second-order valence-electron chi connectivity index (χ2n) is 12.3. The predicted molar refractivity (Wildman–Crippen MR) is 151 cm³/mol. The van der Waals surface area contributed by atoms with Crippen LogP contribution in [-0.4, -0.2) is 104 Å². The van der Waals surface area contributed by atoms with Crippen molar-refractivity contribution < 1.29 is 39.9 Å². The van der Waals surface area contributed by atoms with Gasteiger partial charge < -0.3 is 36.2 Å². The fourth-order valence-corrected chi connectivity index (χ4v) is 7.25. The van der Waals surface area contributed by atoms with Gasteiger partial charge in [-0.1, -0.05) is 46.8 Å². The van der Waals surface area contributed by atoms with E-state index in [9.17, 15) is 39.9 Å². The maximum atomic E-state index is 14.2. The lowest BCUT2D eigenvalue weighted by atomic mass is 9.54. The van der Waals surface area contributed by atoms with Crippen molar-refractivity contribution in [2.45, 2.75) is 63.7 Å². The Bertz CT molecular complexity index is 1380. The third kappa shape index (κ3) is 4.20. The number of aromatic hydroxyl groups is 1. The third-order valence-electron chi connectivity index (χ3n) is 9.37. The van der Waals surface area contributed by atoms with Crippen LogP contribution in [0.5, 0.6) is 5.75 Å². The maximum Gasteiger partial charge on any atom is 0.255 e. The molecule has 0 spiro atoms. The Kier molecular flexibility index (Phi) is 7.66. The summed E-state index contributed by atoms with van der Waals surface area (Å²) in [5.41, 5.74) is 1.57. The smallest absolute Gasteiger partial charge is 0.255 e. The molecule has 1 fully saturated rings.